The van der Waals surface area contributed by atoms with Crippen LogP contribution in [0.2, 0.25) is 0 Å². The fourth-order valence-corrected chi connectivity index (χ4v) is 3.30. The fraction of sp³-hybridized carbons (Fsp3) is 0.625. The molecule has 0 saturated carbocycles. The van der Waals surface area contributed by atoms with Crippen LogP contribution in [0.1, 0.15) is 45.2 Å². The van der Waals surface area contributed by atoms with Gasteiger partial charge in [-0.2, -0.15) is 0 Å². The minimum absolute atomic E-state index is 0.0919. The Balaban J connectivity index is 3.13. The van der Waals surface area contributed by atoms with Gasteiger partial charge in [0.05, 0.1) is 10.7 Å². The number of rotatable bonds is 8. The minimum Gasteiger partial charge on any atom is -0.347 e. The highest BCUT2D eigenvalue weighted by molar-refractivity contribution is 8.03. The zero-order valence-electron chi connectivity index (χ0n) is 14.2. The molecule has 0 atom stereocenters. The van der Waals surface area contributed by atoms with Crippen molar-refractivity contribution in [3.63, 3.8) is 0 Å². The number of allylic oxidation sites excluding steroid dienone is 1. The summed E-state index contributed by atoms with van der Waals surface area (Å²) >= 11 is 7.27. The molecule has 0 fully saturated rings. The van der Waals surface area contributed by atoms with Crippen LogP contribution >= 0.6 is 24.0 Å². The predicted molar refractivity (Wildman–Crippen MR) is 100 cm³/mol. The number of nitrogens with one attached hydrogen (secondary N) is 1. The summed E-state index contributed by atoms with van der Waals surface area (Å²) in [6.45, 7) is 6.29. The topological polar surface area (TPSA) is 39.0 Å². The molecule has 0 aromatic carbocycles. The highest BCUT2D eigenvalue weighted by Gasteiger charge is 2.11. The van der Waals surface area contributed by atoms with E-state index >= 15 is 0 Å². The molecule has 1 N–H and O–H groups in total. The van der Waals surface area contributed by atoms with Gasteiger partial charge in [-0.15, -0.1) is 11.8 Å². The van der Waals surface area contributed by atoms with E-state index in [-0.39, 0.29) is 5.69 Å². The molecule has 0 aliphatic rings. The largest absolute Gasteiger partial charge is 0.347 e. The molecule has 0 aliphatic carbocycles. The maximum absolute atomic E-state index is 12.0. The van der Waals surface area contributed by atoms with E-state index in [1.165, 1.54) is 17.4 Å². The lowest BCUT2D eigenvalue weighted by atomic mass is 10.3. The Morgan fingerprint density at radius 2 is 1.95 bits per heavy atom. The first-order valence-electron chi connectivity index (χ1n) is 7.80. The molecule has 0 aliphatic heterocycles. The third kappa shape index (κ3) is 4.74. The highest BCUT2D eigenvalue weighted by atomic mass is 32.2. The average molecular weight is 342 g/mol. The number of hydrogen-bond acceptors (Lipinski definition) is 4. The Morgan fingerprint density at radius 3 is 2.55 bits per heavy atom. The summed E-state index contributed by atoms with van der Waals surface area (Å²) in [6.07, 6.45) is 6.75. The number of aromatic nitrogens is 2. The van der Waals surface area contributed by atoms with Gasteiger partial charge in [-0.05, 0) is 25.5 Å². The van der Waals surface area contributed by atoms with Gasteiger partial charge in [-0.3, -0.25) is 9.13 Å². The summed E-state index contributed by atoms with van der Waals surface area (Å²) in [5.74, 6) is 1.09. The van der Waals surface area contributed by atoms with Crippen LogP contribution < -0.4 is 11.0 Å². The van der Waals surface area contributed by atoms with Gasteiger partial charge >= 0.3 is 5.69 Å². The molecule has 0 radical (unpaired) electrons. The van der Waals surface area contributed by atoms with Crippen LogP contribution in [0.25, 0.3) is 0 Å². The second kappa shape index (κ2) is 9.20. The first kappa shape index (κ1) is 19.0. The zero-order chi connectivity index (χ0) is 16.7. The number of thioether (sulfide) groups is 1. The van der Waals surface area contributed by atoms with E-state index in [4.69, 9.17) is 12.2 Å². The van der Waals surface area contributed by atoms with Crippen LogP contribution in [0.3, 0.4) is 0 Å². The standard InChI is InChI=1S/C16H27N3OS2/c1-6-8-10-13(22-11-9-7-2)17-14-12(3)18(4)16(20)19(5)15(14)21/h10,17H,6-9,11H2,1-5H3/b13-10-. The Morgan fingerprint density at radius 1 is 1.27 bits per heavy atom. The van der Waals surface area contributed by atoms with E-state index < -0.39 is 0 Å². The van der Waals surface area contributed by atoms with Crippen molar-refractivity contribution in [2.75, 3.05) is 11.1 Å². The van der Waals surface area contributed by atoms with E-state index in [2.05, 4.69) is 25.2 Å². The summed E-state index contributed by atoms with van der Waals surface area (Å²) in [5.41, 5.74) is 1.63. The maximum Gasteiger partial charge on any atom is 0.328 e. The predicted octanol–water partition coefficient (Wildman–Crippen LogP) is 4.35. The molecule has 0 bridgehead atoms. The number of anilines is 1. The fourth-order valence-electron chi connectivity index (χ4n) is 1.96. The lowest BCUT2D eigenvalue weighted by Gasteiger charge is -2.17. The molecule has 1 aromatic rings. The van der Waals surface area contributed by atoms with Crippen molar-refractivity contribution in [3.05, 3.63) is 31.9 Å². The lowest BCUT2D eigenvalue weighted by molar-refractivity contribution is 0.683. The molecule has 4 nitrogen and oxygen atoms in total. The van der Waals surface area contributed by atoms with Gasteiger partial charge < -0.3 is 5.32 Å². The first-order valence-corrected chi connectivity index (χ1v) is 9.19. The van der Waals surface area contributed by atoms with Gasteiger partial charge in [-0.25, -0.2) is 4.79 Å². The molecule has 0 amide bonds. The van der Waals surface area contributed by atoms with Gasteiger partial charge in [0.25, 0.3) is 0 Å². The zero-order valence-corrected chi connectivity index (χ0v) is 15.9. The van der Waals surface area contributed by atoms with Crippen molar-refractivity contribution in [1.82, 2.24) is 9.13 Å². The minimum atomic E-state index is -0.0919. The van der Waals surface area contributed by atoms with Crippen LogP contribution in [0.4, 0.5) is 5.69 Å². The highest BCUT2D eigenvalue weighted by Crippen LogP contribution is 2.24. The second-order valence-electron chi connectivity index (χ2n) is 5.35. The smallest absolute Gasteiger partial charge is 0.328 e. The molecule has 0 saturated heterocycles. The number of unbranched alkanes of at least 4 members (excludes halogenated alkanes) is 2. The second-order valence-corrected chi connectivity index (χ2v) is 6.87. The first-order chi connectivity index (χ1) is 10.4. The van der Waals surface area contributed by atoms with Gasteiger partial charge in [0.2, 0.25) is 0 Å². The quantitative estimate of drug-likeness (QED) is 0.564. The van der Waals surface area contributed by atoms with Crippen molar-refractivity contribution in [2.45, 2.75) is 46.5 Å². The normalized spacial score (nSPS) is 11.8. The van der Waals surface area contributed by atoms with E-state index in [9.17, 15) is 4.79 Å². The van der Waals surface area contributed by atoms with E-state index in [1.54, 1.807) is 18.7 Å². The van der Waals surface area contributed by atoms with Gasteiger partial charge in [-0.1, -0.05) is 45.0 Å². The monoisotopic (exact) mass is 341 g/mol. The third-order valence-corrected chi connectivity index (χ3v) is 5.13. The molecule has 6 heteroatoms. The molecule has 1 aromatic heterocycles. The van der Waals surface area contributed by atoms with Crippen LogP contribution in [0.5, 0.6) is 0 Å². The molecule has 1 heterocycles. The van der Waals surface area contributed by atoms with E-state index in [0.29, 0.717) is 4.64 Å². The maximum atomic E-state index is 12.0. The van der Waals surface area contributed by atoms with Crippen LogP contribution in [0, 0.1) is 11.6 Å². The van der Waals surface area contributed by atoms with Gasteiger partial charge in [0, 0.05) is 19.8 Å². The van der Waals surface area contributed by atoms with Crippen molar-refractivity contribution in [1.29, 1.82) is 0 Å². The molecular weight excluding hydrogens is 314 g/mol. The SMILES string of the molecule is CCC/C=C(/Nc1c(C)n(C)c(=O)n(C)c1=S)SCCCC. The molecule has 1 rings (SSSR count). The Kier molecular flexibility index (Phi) is 7.96. The number of hydrogen-bond donors (Lipinski definition) is 1. The van der Waals surface area contributed by atoms with E-state index in [1.807, 2.05) is 18.7 Å². The molecule has 124 valence electrons. The summed E-state index contributed by atoms with van der Waals surface area (Å²) in [6, 6.07) is 0. The van der Waals surface area contributed by atoms with Crippen molar-refractivity contribution in [3.8, 4) is 0 Å². The molecule has 22 heavy (non-hydrogen) atoms. The summed E-state index contributed by atoms with van der Waals surface area (Å²) < 4.78 is 3.70. The van der Waals surface area contributed by atoms with E-state index in [0.717, 1.165) is 35.0 Å². The lowest BCUT2D eigenvalue weighted by Crippen LogP contribution is -2.30. The van der Waals surface area contributed by atoms with Gasteiger partial charge in [0.1, 0.15) is 4.64 Å². The van der Waals surface area contributed by atoms with Gasteiger partial charge in [0.15, 0.2) is 0 Å². The van der Waals surface area contributed by atoms with Crippen LogP contribution in [-0.2, 0) is 14.1 Å². The third-order valence-electron chi connectivity index (χ3n) is 3.58. The Labute approximate surface area is 142 Å². The Hall–Kier alpha value is -1.01. The van der Waals surface area contributed by atoms with Crippen molar-refractivity contribution >= 4 is 29.7 Å². The summed E-state index contributed by atoms with van der Waals surface area (Å²) in [5, 5.41) is 4.59. The number of nitrogens with zero attached hydrogens (tertiary/aromatic N) is 2. The molecular formula is C16H27N3OS2. The molecule has 0 spiro atoms. The summed E-state index contributed by atoms with van der Waals surface area (Å²) in [4.78, 5) is 12.0. The van der Waals surface area contributed by atoms with Crippen LogP contribution in [-0.4, -0.2) is 14.9 Å². The van der Waals surface area contributed by atoms with Crippen molar-refractivity contribution < 1.29 is 0 Å². The molecule has 0 unspecified atom stereocenters. The Bertz CT molecular complexity index is 644. The van der Waals surface area contributed by atoms with Crippen LogP contribution in [0.15, 0.2) is 15.9 Å². The summed E-state index contributed by atoms with van der Waals surface area (Å²) in [7, 11) is 3.49. The average Bonchev–Trinajstić information content (AvgIpc) is 2.52. The van der Waals surface area contributed by atoms with Crippen molar-refractivity contribution in [2.24, 2.45) is 14.1 Å².